The van der Waals surface area contributed by atoms with Crippen LogP contribution in [0.5, 0.6) is 23.0 Å². The van der Waals surface area contributed by atoms with Gasteiger partial charge in [-0.25, -0.2) is 0 Å². The summed E-state index contributed by atoms with van der Waals surface area (Å²) in [6, 6.07) is 7.37. The van der Waals surface area contributed by atoms with Gasteiger partial charge in [-0.15, -0.1) is 0 Å². The molecule has 2 aromatic carbocycles. The number of aliphatic hydroxyl groups excluding tert-OH is 6. The SMILES string of the molecule is C[C@@H]1O[C@@H](OC[C@H]2O[C@@H](Oc3ccc4c(=O)c(O)c(-c5ccc(O)c(O)c5)oc4c3)[C@H](O)[C@@H](O)[C@@H]2O)[C@H](O)[C@H](O)[C@H]1O. The molecule has 2 aliphatic rings. The predicted octanol–water partition coefficient (Wildman–Crippen LogP) is -1.39. The molecule has 2 fully saturated rings. The molecule has 5 rings (SSSR count). The second-order valence-corrected chi connectivity index (χ2v) is 10.1. The molecule has 2 saturated heterocycles. The standard InChI is InChI=1S/C27H30O15/c1-9-17(30)20(33)23(36)26(39-9)38-8-16-19(32)21(34)24(37)27(42-16)40-11-3-4-12-15(7-11)41-25(22(35)18(12)31)10-2-5-13(28)14(29)6-10/h2-7,9,16-17,19-21,23-24,26-30,32-37H,8H2,1H3/t9-,16+,17-,19+,20+,21-,23+,24+,26+,27+/m0/s1. The maximum absolute atomic E-state index is 12.8. The lowest BCUT2D eigenvalue weighted by atomic mass is 9.98. The van der Waals surface area contributed by atoms with Crippen molar-refractivity contribution in [2.24, 2.45) is 0 Å². The van der Waals surface area contributed by atoms with Crippen LogP contribution in [-0.2, 0) is 14.2 Å². The number of rotatable bonds is 6. The summed E-state index contributed by atoms with van der Waals surface area (Å²) in [5, 5.41) is 91.1. The maximum atomic E-state index is 12.8. The van der Waals surface area contributed by atoms with Gasteiger partial charge in [0, 0.05) is 11.6 Å². The first-order chi connectivity index (χ1) is 19.9. The third kappa shape index (κ3) is 5.49. The smallest absolute Gasteiger partial charge is 0.235 e. The fourth-order valence-electron chi connectivity index (χ4n) is 4.72. The van der Waals surface area contributed by atoms with Crippen LogP contribution in [0, 0.1) is 0 Å². The molecule has 15 heteroatoms. The topological polar surface area (TPSA) is 249 Å². The van der Waals surface area contributed by atoms with Crippen molar-refractivity contribution in [2.45, 2.75) is 68.3 Å². The Morgan fingerprint density at radius 2 is 1.45 bits per heavy atom. The van der Waals surface area contributed by atoms with E-state index in [0.717, 1.165) is 12.1 Å². The van der Waals surface area contributed by atoms with Crippen LogP contribution < -0.4 is 10.2 Å². The minimum atomic E-state index is -1.76. The monoisotopic (exact) mass is 594 g/mol. The van der Waals surface area contributed by atoms with Crippen LogP contribution in [0.3, 0.4) is 0 Å². The predicted molar refractivity (Wildman–Crippen MR) is 139 cm³/mol. The number of hydrogen-bond donors (Lipinski definition) is 9. The van der Waals surface area contributed by atoms with E-state index in [-0.39, 0.29) is 28.0 Å². The van der Waals surface area contributed by atoms with Crippen molar-refractivity contribution in [3.05, 3.63) is 46.6 Å². The Morgan fingerprint density at radius 3 is 2.17 bits per heavy atom. The van der Waals surface area contributed by atoms with E-state index in [0.29, 0.717) is 0 Å². The molecule has 15 nitrogen and oxygen atoms in total. The summed E-state index contributed by atoms with van der Waals surface area (Å²) in [7, 11) is 0. The zero-order chi connectivity index (χ0) is 30.5. The number of aromatic hydroxyl groups is 3. The lowest BCUT2D eigenvalue weighted by Crippen LogP contribution is -2.61. The molecule has 2 aliphatic heterocycles. The van der Waals surface area contributed by atoms with E-state index >= 15 is 0 Å². The molecule has 0 radical (unpaired) electrons. The lowest BCUT2D eigenvalue weighted by Gasteiger charge is -2.42. The molecule has 0 bridgehead atoms. The molecule has 0 spiro atoms. The van der Waals surface area contributed by atoms with Crippen molar-refractivity contribution >= 4 is 11.0 Å². The summed E-state index contributed by atoms with van der Waals surface area (Å²) in [5.41, 5.74) is -0.779. The van der Waals surface area contributed by atoms with Crippen molar-refractivity contribution in [3.8, 4) is 34.3 Å². The molecule has 228 valence electrons. The third-order valence-electron chi connectivity index (χ3n) is 7.23. The van der Waals surface area contributed by atoms with Crippen LogP contribution in [0.1, 0.15) is 6.92 Å². The van der Waals surface area contributed by atoms with E-state index < -0.39 is 90.7 Å². The average molecular weight is 595 g/mol. The van der Waals surface area contributed by atoms with Gasteiger partial charge < -0.3 is 69.3 Å². The van der Waals surface area contributed by atoms with Crippen molar-refractivity contribution < 1.29 is 69.3 Å². The highest BCUT2D eigenvalue weighted by atomic mass is 16.7. The van der Waals surface area contributed by atoms with Gasteiger partial charge in [-0.1, -0.05) is 0 Å². The van der Waals surface area contributed by atoms with Crippen molar-refractivity contribution in [1.29, 1.82) is 0 Å². The Bertz CT molecular complexity index is 1490. The maximum Gasteiger partial charge on any atom is 0.235 e. The Hall–Kier alpha value is -3.51. The third-order valence-corrected chi connectivity index (χ3v) is 7.23. The Balaban J connectivity index is 1.35. The van der Waals surface area contributed by atoms with Crippen LogP contribution in [0.15, 0.2) is 45.6 Å². The summed E-state index contributed by atoms with van der Waals surface area (Å²) >= 11 is 0. The first-order valence-electron chi connectivity index (χ1n) is 12.9. The van der Waals surface area contributed by atoms with E-state index in [1.54, 1.807) is 0 Å². The van der Waals surface area contributed by atoms with E-state index in [1.807, 2.05) is 0 Å². The minimum Gasteiger partial charge on any atom is -0.504 e. The number of fused-ring (bicyclic) bond motifs is 1. The minimum absolute atomic E-state index is 0.0138. The van der Waals surface area contributed by atoms with E-state index in [2.05, 4.69) is 0 Å². The first kappa shape index (κ1) is 30.0. The van der Waals surface area contributed by atoms with Gasteiger partial charge in [0.2, 0.25) is 17.5 Å². The van der Waals surface area contributed by atoms with Gasteiger partial charge in [0.15, 0.2) is 23.5 Å². The van der Waals surface area contributed by atoms with E-state index in [1.165, 1.54) is 31.2 Å². The van der Waals surface area contributed by atoms with Crippen molar-refractivity contribution in [1.82, 2.24) is 0 Å². The summed E-state index contributed by atoms with van der Waals surface area (Å²) in [5.74, 6) is -1.99. The Kier molecular flexibility index (Phi) is 8.30. The number of hydrogen-bond acceptors (Lipinski definition) is 15. The van der Waals surface area contributed by atoms with Crippen molar-refractivity contribution in [3.63, 3.8) is 0 Å². The fraction of sp³-hybridized carbons (Fsp3) is 0.444. The molecule has 1 aromatic heterocycles. The summed E-state index contributed by atoms with van der Waals surface area (Å²) in [4.78, 5) is 12.8. The molecule has 42 heavy (non-hydrogen) atoms. The second-order valence-electron chi connectivity index (χ2n) is 10.1. The number of aliphatic hydroxyl groups is 6. The second kappa shape index (κ2) is 11.6. The fourth-order valence-corrected chi connectivity index (χ4v) is 4.72. The molecule has 3 heterocycles. The van der Waals surface area contributed by atoms with Crippen LogP contribution >= 0.6 is 0 Å². The Morgan fingerprint density at radius 1 is 0.762 bits per heavy atom. The highest BCUT2D eigenvalue weighted by Gasteiger charge is 2.47. The molecule has 10 atom stereocenters. The highest BCUT2D eigenvalue weighted by Crippen LogP contribution is 2.36. The molecule has 0 aliphatic carbocycles. The van der Waals surface area contributed by atoms with Gasteiger partial charge in [-0.2, -0.15) is 0 Å². The van der Waals surface area contributed by atoms with Gasteiger partial charge in [0.25, 0.3) is 0 Å². The normalized spacial score (nSPS) is 33.5. The van der Waals surface area contributed by atoms with Gasteiger partial charge in [-0.3, -0.25) is 4.79 Å². The van der Waals surface area contributed by atoms with Crippen LogP contribution in [0.2, 0.25) is 0 Å². The number of benzene rings is 2. The average Bonchev–Trinajstić information content (AvgIpc) is 2.97. The van der Waals surface area contributed by atoms with E-state index in [4.69, 9.17) is 23.4 Å². The quantitative estimate of drug-likeness (QED) is 0.149. The zero-order valence-corrected chi connectivity index (χ0v) is 21.9. The van der Waals surface area contributed by atoms with Gasteiger partial charge in [0.05, 0.1) is 18.1 Å². The molecule has 0 saturated carbocycles. The largest absolute Gasteiger partial charge is 0.504 e. The first-order valence-corrected chi connectivity index (χ1v) is 12.9. The van der Waals surface area contributed by atoms with Crippen molar-refractivity contribution in [2.75, 3.05) is 6.61 Å². The summed E-state index contributed by atoms with van der Waals surface area (Å²) < 4.78 is 27.8. The molecule has 3 aromatic rings. The summed E-state index contributed by atoms with van der Waals surface area (Å²) in [6.07, 6.45) is -14.9. The molecule has 0 amide bonds. The molecule has 9 N–H and O–H groups in total. The lowest BCUT2D eigenvalue weighted by molar-refractivity contribution is -0.318. The van der Waals surface area contributed by atoms with Gasteiger partial charge in [0.1, 0.15) is 54.1 Å². The zero-order valence-electron chi connectivity index (χ0n) is 21.9. The van der Waals surface area contributed by atoms with E-state index in [9.17, 15) is 50.8 Å². The molecular weight excluding hydrogens is 564 g/mol. The number of phenolic OH excluding ortho intramolecular Hbond substituents is 2. The highest BCUT2D eigenvalue weighted by molar-refractivity contribution is 5.83. The van der Waals surface area contributed by atoms with Gasteiger partial charge >= 0.3 is 0 Å². The number of ether oxygens (including phenoxy) is 4. The number of phenols is 2. The molecule has 0 unspecified atom stereocenters. The van der Waals surface area contributed by atoms with Crippen LogP contribution in [0.25, 0.3) is 22.3 Å². The molecular formula is C27H30O15. The summed E-state index contributed by atoms with van der Waals surface area (Å²) in [6.45, 7) is 0.966. The van der Waals surface area contributed by atoms with Crippen LogP contribution in [-0.4, -0.2) is 114 Å². The Labute approximate surface area is 236 Å². The van der Waals surface area contributed by atoms with Gasteiger partial charge in [-0.05, 0) is 37.3 Å². The van der Waals surface area contributed by atoms with Crippen LogP contribution in [0.4, 0.5) is 0 Å².